The zero-order valence-electron chi connectivity index (χ0n) is 12.8. The number of carbonyl (C=O) groups excluding carboxylic acids is 2. The Labute approximate surface area is 124 Å². The molecule has 0 saturated carbocycles. The number of ketones is 1. The molecule has 114 valence electrons. The number of hydrogen-bond acceptors (Lipinski definition) is 4. The summed E-state index contributed by atoms with van der Waals surface area (Å²) in [7, 11) is 0. The molecule has 1 amide bonds. The molecule has 5 heteroatoms. The predicted octanol–water partition coefficient (Wildman–Crippen LogP) is 2.36. The summed E-state index contributed by atoms with van der Waals surface area (Å²) in [6.07, 6.45) is 2.13. The molecule has 2 unspecified atom stereocenters. The highest BCUT2D eigenvalue weighted by molar-refractivity contribution is 6.03. The molecule has 1 aromatic rings. The van der Waals surface area contributed by atoms with Crippen LogP contribution in [-0.2, 0) is 11.2 Å². The van der Waals surface area contributed by atoms with Gasteiger partial charge in [-0.15, -0.1) is 0 Å². The van der Waals surface area contributed by atoms with Crippen LogP contribution in [0.5, 0.6) is 0 Å². The van der Waals surface area contributed by atoms with Gasteiger partial charge in [0, 0.05) is 31.5 Å². The van der Waals surface area contributed by atoms with E-state index in [0.717, 1.165) is 12.8 Å². The van der Waals surface area contributed by atoms with Crippen molar-refractivity contribution in [3.8, 4) is 0 Å². The maximum absolute atomic E-state index is 12.7. The van der Waals surface area contributed by atoms with Gasteiger partial charge >= 0.3 is 0 Å². The summed E-state index contributed by atoms with van der Waals surface area (Å²) in [6, 6.07) is 0. The van der Waals surface area contributed by atoms with Gasteiger partial charge in [-0.25, -0.2) is 0 Å². The molecule has 3 rings (SSSR count). The van der Waals surface area contributed by atoms with Crippen LogP contribution < -0.4 is 0 Å². The zero-order valence-corrected chi connectivity index (χ0v) is 12.8. The largest absolute Gasteiger partial charge is 0.455 e. The van der Waals surface area contributed by atoms with E-state index in [1.807, 2.05) is 20.8 Å². The highest BCUT2D eigenvalue weighted by Crippen LogP contribution is 2.30. The molecule has 0 aromatic carbocycles. The van der Waals surface area contributed by atoms with E-state index in [-0.39, 0.29) is 23.9 Å². The van der Waals surface area contributed by atoms with Crippen LogP contribution in [0.2, 0.25) is 0 Å². The lowest BCUT2D eigenvalue weighted by Crippen LogP contribution is -2.48. The molecule has 0 radical (unpaired) electrons. The molecule has 1 aliphatic carbocycles. The highest BCUT2D eigenvalue weighted by atomic mass is 16.5. The Hall–Kier alpha value is -1.62. The van der Waals surface area contributed by atoms with Gasteiger partial charge in [0.2, 0.25) is 0 Å². The summed E-state index contributed by atoms with van der Waals surface area (Å²) >= 11 is 0. The number of aryl methyl sites for hydroxylation is 1. The Morgan fingerprint density at radius 2 is 1.86 bits per heavy atom. The van der Waals surface area contributed by atoms with Gasteiger partial charge in [0.15, 0.2) is 11.5 Å². The van der Waals surface area contributed by atoms with Crippen molar-refractivity contribution < 1.29 is 18.7 Å². The summed E-state index contributed by atoms with van der Waals surface area (Å²) in [5.74, 6) is 0.981. The van der Waals surface area contributed by atoms with Crippen molar-refractivity contribution in [2.45, 2.75) is 52.2 Å². The average Bonchev–Trinajstić information content (AvgIpc) is 2.75. The van der Waals surface area contributed by atoms with Gasteiger partial charge in [0.05, 0.1) is 17.8 Å². The minimum Gasteiger partial charge on any atom is -0.455 e. The van der Waals surface area contributed by atoms with E-state index in [2.05, 4.69) is 0 Å². The van der Waals surface area contributed by atoms with Gasteiger partial charge in [-0.05, 0) is 27.2 Å². The quantitative estimate of drug-likeness (QED) is 0.797. The second-order valence-corrected chi connectivity index (χ2v) is 6.10. The van der Waals surface area contributed by atoms with Crippen molar-refractivity contribution in [2.24, 2.45) is 0 Å². The lowest BCUT2D eigenvalue weighted by Gasteiger charge is -2.34. The molecule has 2 atom stereocenters. The molecule has 1 saturated heterocycles. The van der Waals surface area contributed by atoms with Crippen LogP contribution in [0.1, 0.15) is 58.9 Å². The van der Waals surface area contributed by atoms with Crippen LogP contribution in [-0.4, -0.2) is 41.9 Å². The maximum Gasteiger partial charge on any atom is 0.290 e. The number of amides is 1. The van der Waals surface area contributed by atoms with E-state index in [1.165, 1.54) is 0 Å². The Kier molecular flexibility index (Phi) is 3.61. The summed E-state index contributed by atoms with van der Waals surface area (Å²) in [5, 5.41) is 0. The Morgan fingerprint density at radius 1 is 1.19 bits per heavy atom. The number of nitrogens with zero attached hydrogens (tertiary/aromatic N) is 1. The summed E-state index contributed by atoms with van der Waals surface area (Å²) < 4.78 is 11.4. The van der Waals surface area contributed by atoms with Crippen LogP contribution in [0.25, 0.3) is 0 Å². The summed E-state index contributed by atoms with van der Waals surface area (Å²) in [4.78, 5) is 26.5. The number of furan rings is 1. The fourth-order valence-corrected chi connectivity index (χ4v) is 3.34. The van der Waals surface area contributed by atoms with Gasteiger partial charge in [0.25, 0.3) is 5.91 Å². The Balaban J connectivity index is 1.90. The van der Waals surface area contributed by atoms with Gasteiger partial charge in [-0.3, -0.25) is 9.59 Å². The van der Waals surface area contributed by atoms with E-state index in [1.54, 1.807) is 4.90 Å². The fourth-order valence-electron chi connectivity index (χ4n) is 3.34. The third-order valence-corrected chi connectivity index (χ3v) is 4.21. The minimum atomic E-state index is -0.128. The first-order valence-electron chi connectivity index (χ1n) is 7.57. The van der Waals surface area contributed by atoms with Gasteiger partial charge in [-0.1, -0.05) is 0 Å². The number of rotatable bonds is 1. The van der Waals surface area contributed by atoms with Gasteiger partial charge < -0.3 is 14.1 Å². The SMILES string of the molecule is Cc1c(C(=O)N2CC(C)OC(C)C2)oc2c1C(=O)CCC2. The van der Waals surface area contributed by atoms with Crippen molar-refractivity contribution in [3.63, 3.8) is 0 Å². The number of ether oxygens (including phenoxy) is 1. The van der Waals surface area contributed by atoms with E-state index in [0.29, 0.717) is 42.2 Å². The number of fused-ring (bicyclic) bond motifs is 1. The van der Waals surface area contributed by atoms with E-state index in [9.17, 15) is 9.59 Å². The monoisotopic (exact) mass is 291 g/mol. The maximum atomic E-state index is 12.7. The standard InChI is InChI=1S/C16H21NO4/c1-9-7-17(8-10(2)20-9)16(19)15-11(3)14-12(18)5-4-6-13(14)21-15/h9-10H,4-8H2,1-3H3. The van der Waals surface area contributed by atoms with Crippen molar-refractivity contribution in [1.29, 1.82) is 0 Å². The van der Waals surface area contributed by atoms with Gasteiger partial charge in [-0.2, -0.15) is 0 Å². The topological polar surface area (TPSA) is 59.8 Å². The molecule has 21 heavy (non-hydrogen) atoms. The first-order valence-corrected chi connectivity index (χ1v) is 7.57. The zero-order chi connectivity index (χ0) is 15.1. The molecular formula is C16H21NO4. The van der Waals surface area contributed by atoms with Crippen molar-refractivity contribution in [3.05, 3.63) is 22.6 Å². The molecule has 5 nitrogen and oxygen atoms in total. The van der Waals surface area contributed by atoms with Crippen LogP contribution in [0.15, 0.2) is 4.42 Å². The normalized spacial score (nSPS) is 25.9. The van der Waals surface area contributed by atoms with Crippen molar-refractivity contribution >= 4 is 11.7 Å². The minimum absolute atomic E-state index is 0.0178. The summed E-state index contributed by atoms with van der Waals surface area (Å²) in [5.41, 5.74) is 1.34. The van der Waals surface area contributed by atoms with Crippen molar-refractivity contribution in [2.75, 3.05) is 13.1 Å². The van der Waals surface area contributed by atoms with E-state index >= 15 is 0 Å². The predicted molar refractivity (Wildman–Crippen MR) is 76.6 cm³/mol. The lowest BCUT2D eigenvalue weighted by molar-refractivity contribution is -0.0592. The van der Waals surface area contributed by atoms with Gasteiger partial charge in [0.1, 0.15) is 5.76 Å². The number of carbonyl (C=O) groups is 2. The molecule has 0 spiro atoms. The first kappa shape index (κ1) is 14.3. The Morgan fingerprint density at radius 3 is 2.48 bits per heavy atom. The summed E-state index contributed by atoms with van der Waals surface area (Å²) in [6.45, 7) is 6.84. The molecule has 1 fully saturated rings. The number of hydrogen-bond donors (Lipinski definition) is 0. The highest BCUT2D eigenvalue weighted by Gasteiger charge is 2.33. The first-order chi connectivity index (χ1) is 9.97. The van der Waals surface area contributed by atoms with E-state index in [4.69, 9.17) is 9.15 Å². The van der Waals surface area contributed by atoms with Crippen molar-refractivity contribution in [1.82, 2.24) is 4.90 Å². The number of Topliss-reactive ketones (excluding diaryl/α,β-unsaturated/α-hetero) is 1. The smallest absolute Gasteiger partial charge is 0.290 e. The molecule has 2 aliphatic rings. The molecule has 2 heterocycles. The lowest BCUT2D eigenvalue weighted by atomic mass is 9.94. The number of morpholine rings is 1. The molecule has 1 aliphatic heterocycles. The second kappa shape index (κ2) is 5.30. The molecule has 0 bridgehead atoms. The van der Waals surface area contributed by atoms with Crippen LogP contribution >= 0.6 is 0 Å². The molecule has 0 N–H and O–H groups in total. The van der Waals surface area contributed by atoms with E-state index < -0.39 is 0 Å². The third kappa shape index (κ3) is 2.50. The second-order valence-electron chi connectivity index (χ2n) is 6.10. The fraction of sp³-hybridized carbons (Fsp3) is 0.625. The third-order valence-electron chi connectivity index (χ3n) is 4.21. The average molecular weight is 291 g/mol. The van der Waals surface area contributed by atoms with Crippen LogP contribution in [0.3, 0.4) is 0 Å². The van der Waals surface area contributed by atoms with Crippen LogP contribution in [0.4, 0.5) is 0 Å². The van der Waals surface area contributed by atoms with Crippen LogP contribution in [0, 0.1) is 6.92 Å². The Bertz CT molecular complexity index is 579. The molecule has 1 aromatic heterocycles. The molecular weight excluding hydrogens is 270 g/mol.